The quantitative estimate of drug-likeness (QED) is 0.823. The highest BCUT2D eigenvalue weighted by atomic mass is 19.2. The van der Waals surface area contributed by atoms with Gasteiger partial charge in [-0.15, -0.1) is 0 Å². The SMILES string of the molecule is CC(C)CCN(C)CCC(N)c1cccc(F)c1F. The van der Waals surface area contributed by atoms with Gasteiger partial charge >= 0.3 is 0 Å². The second-order valence-corrected chi connectivity index (χ2v) is 5.52. The first-order valence-electron chi connectivity index (χ1n) is 6.79. The third-order valence-electron chi connectivity index (χ3n) is 3.29. The van der Waals surface area contributed by atoms with Crippen LogP contribution in [0, 0.1) is 17.6 Å². The molecule has 0 spiro atoms. The van der Waals surface area contributed by atoms with E-state index in [9.17, 15) is 8.78 Å². The van der Waals surface area contributed by atoms with Crippen LogP contribution in [0.3, 0.4) is 0 Å². The minimum atomic E-state index is -0.832. The summed E-state index contributed by atoms with van der Waals surface area (Å²) in [7, 11) is 2.02. The Morgan fingerprint density at radius 2 is 1.79 bits per heavy atom. The van der Waals surface area contributed by atoms with Gasteiger partial charge in [0, 0.05) is 11.6 Å². The molecule has 0 aliphatic carbocycles. The number of nitrogens with two attached hydrogens (primary N) is 1. The lowest BCUT2D eigenvalue weighted by Crippen LogP contribution is -2.26. The number of rotatable bonds is 7. The van der Waals surface area contributed by atoms with Crippen LogP contribution in [-0.4, -0.2) is 25.0 Å². The van der Waals surface area contributed by atoms with Crippen LogP contribution in [0.5, 0.6) is 0 Å². The van der Waals surface area contributed by atoms with E-state index in [-0.39, 0.29) is 5.56 Å². The molecule has 108 valence electrons. The fourth-order valence-corrected chi connectivity index (χ4v) is 1.91. The van der Waals surface area contributed by atoms with Crippen molar-refractivity contribution in [1.82, 2.24) is 4.90 Å². The van der Waals surface area contributed by atoms with E-state index >= 15 is 0 Å². The lowest BCUT2D eigenvalue weighted by molar-refractivity contribution is 0.297. The van der Waals surface area contributed by atoms with E-state index in [0.29, 0.717) is 12.3 Å². The molecule has 1 rings (SSSR count). The maximum Gasteiger partial charge on any atom is 0.163 e. The van der Waals surface area contributed by atoms with Gasteiger partial charge in [-0.05, 0) is 45.0 Å². The van der Waals surface area contributed by atoms with Crippen molar-refractivity contribution in [2.24, 2.45) is 11.7 Å². The summed E-state index contributed by atoms with van der Waals surface area (Å²) in [6, 6.07) is 3.70. The summed E-state index contributed by atoms with van der Waals surface area (Å²) in [5, 5.41) is 0. The summed E-state index contributed by atoms with van der Waals surface area (Å²) in [5.41, 5.74) is 6.20. The van der Waals surface area contributed by atoms with Gasteiger partial charge in [0.15, 0.2) is 11.6 Å². The summed E-state index contributed by atoms with van der Waals surface area (Å²) < 4.78 is 26.7. The van der Waals surface area contributed by atoms with Crippen LogP contribution in [0.15, 0.2) is 18.2 Å². The molecule has 0 aromatic heterocycles. The Hall–Kier alpha value is -1.00. The second-order valence-electron chi connectivity index (χ2n) is 5.52. The molecule has 0 heterocycles. The molecule has 1 unspecified atom stereocenters. The minimum Gasteiger partial charge on any atom is -0.324 e. The van der Waals surface area contributed by atoms with E-state index in [0.717, 1.165) is 25.6 Å². The van der Waals surface area contributed by atoms with Gasteiger partial charge in [0.2, 0.25) is 0 Å². The molecule has 0 saturated heterocycles. The summed E-state index contributed by atoms with van der Waals surface area (Å²) in [6.07, 6.45) is 1.75. The van der Waals surface area contributed by atoms with Crippen LogP contribution < -0.4 is 5.73 Å². The van der Waals surface area contributed by atoms with E-state index in [1.54, 1.807) is 6.07 Å². The normalized spacial score (nSPS) is 13.3. The second kappa shape index (κ2) is 7.56. The highest BCUT2D eigenvalue weighted by Crippen LogP contribution is 2.20. The Labute approximate surface area is 114 Å². The molecule has 2 nitrogen and oxygen atoms in total. The van der Waals surface area contributed by atoms with E-state index in [2.05, 4.69) is 18.7 Å². The van der Waals surface area contributed by atoms with Gasteiger partial charge in [-0.2, -0.15) is 0 Å². The van der Waals surface area contributed by atoms with Crippen molar-refractivity contribution < 1.29 is 8.78 Å². The molecule has 1 atom stereocenters. The molecule has 0 aliphatic heterocycles. The Bertz CT molecular complexity index is 394. The predicted molar refractivity (Wildman–Crippen MR) is 74.9 cm³/mol. The average molecular weight is 270 g/mol. The zero-order valence-corrected chi connectivity index (χ0v) is 12.0. The largest absolute Gasteiger partial charge is 0.324 e. The van der Waals surface area contributed by atoms with Crippen LogP contribution >= 0.6 is 0 Å². The molecule has 1 aromatic rings. The first-order valence-corrected chi connectivity index (χ1v) is 6.79. The highest BCUT2D eigenvalue weighted by Gasteiger charge is 2.15. The molecular weight excluding hydrogens is 246 g/mol. The van der Waals surface area contributed by atoms with Gasteiger partial charge in [-0.1, -0.05) is 26.0 Å². The number of halogens is 2. The predicted octanol–water partition coefficient (Wildman–Crippen LogP) is 3.33. The van der Waals surface area contributed by atoms with Crippen molar-refractivity contribution in [3.8, 4) is 0 Å². The molecule has 2 N–H and O–H groups in total. The monoisotopic (exact) mass is 270 g/mol. The number of nitrogens with zero attached hydrogens (tertiary/aromatic N) is 1. The molecule has 4 heteroatoms. The Morgan fingerprint density at radius 1 is 1.16 bits per heavy atom. The standard InChI is InChI=1S/C15H24F2N2/c1-11(2)7-9-19(3)10-8-14(18)12-5-4-6-13(16)15(12)17/h4-6,11,14H,7-10,18H2,1-3H3. The Morgan fingerprint density at radius 3 is 2.42 bits per heavy atom. The fraction of sp³-hybridized carbons (Fsp3) is 0.600. The van der Waals surface area contributed by atoms with Crippen molar-refractivity contribution >= 4 is 0 Å². The number of hydrogen-bond acceptors (Lipinski definition) is 2. The van der Waals surface area contributed by atoms with E-state index in [1.807, 2.05) is 7.05 Å². The van der Waals surface area contributed by atoms with Crippen molar-refractivity contribution in [2.45, 2.75) is 32.7 Å². The zero-order chi connectivity index (χ0) is 14.4. The van der Waals surface area contributed by atoms with Gasteiger partial charge in [0.25, 0.3) is 0 Å². The highest BCUT2D eigenvalue weighted by molar-refractivity contribution is 5.22. The smallest absolute Gasteiger partial charge is 0.163 e. The number of benzene rings is 1. The maximum atomic E-state index is 13.6. The van der Waals surface area contributed by atoms with Gasteiger partial charge in [-0.25, -0.2) is 8.78 Å². The fourth-order valence-electron chi connectivity index (χ4n) is 1.91. The van der Waals surface area contributed by atoms with Gasteiger partial charge in [0.1, 0.15) is 0 Å². The van der Waals surface area contributed by atoms with Crippen molar-refractivity contribution in [1.29, 1.82) is 0 Å². The first kappa shape index (κ1) is 16.1. The van der Waals surface area contributed by atoms with Crippen molar-refractivity contribution in [2.75, 3.05) is 20.1 Å². The van der Waals surface area contributed by atoms with Crippen LogP contribution in [-0.2, 0) is 0 Å². The van der Waals surface area contributed by atoms with Crippen LogP contribution in [0.4, 0.5) is 8.78 Å². The maximum absolute atomic E-state index is 13.6. The van der Waals surface area contributed by atoms with Gasteiger partial charge in [0.05, 0.1) is 0 Å². The average Bonchev–Trinajstić information content (AvgIpc) is 2.36. The summed E-state index contributed by atoms with van der Waals surface area (Å²) in [5.74, 6) is -0.988. The summed E-state index contributed by atoms with van der Waals surface area (Å²) >= 11 is 0. The van der Waals surface area contributed by atoms with E-state index in [1.165, 1.54) is 6.07 Å². The van der Waals surface area contributed by atoms with Gasteiger partial charge in [-0.3, -0.25) is 0 Å². The summed E-state index contributed by atoms with van der Waals surface area (Å²) in [4.78, 5) is 2.18. The Balaban J connectivity index is 2.47. The van der Waals surface area contributed by atoms with E-state index in [4.69, 9.17) is 5.73 Å². The lowest BCUT2D eigenvalue weighted by atomic mass is 10.0. The molecule has 0 amide bonds. The molecular formula is C15H24F2N2. The first-order chi connectivity index (χ1) is 8.91. The molecule has 1 aromatic carbocycles. The zero-order valence-electron chi connectivity index (χ0n) is 12.0. The third kappa shape index (κ3) is 5.25. The van der Waals surface area contributed by atoms with Crippen molar-refractivity contribution in [3.05, 3.63) is 35.4 Å². The molecule has 0 fully saturated rings. The number of hydrogen-bond donors (Lipinski definition) is 1. The van der Waals surface area contributed by atoms with Crippen LogP contribution in [0.1, 0.15) is 38.3 Å². The lowest BCUT2D eigenvalue weighted by Gasteiger charge is -2.20. The van der Waals surface area contributed by atoms with Crippen LogP contribution in [0.25, 0.3) is 0 Å². The van der Waals surface area contributed by atoms with Gasteiger partial charge < -0.3 is 10.6 Å². The molecule has 0 radical (unpaired) electrons. The van der Waals surface area contributed by atoms with E-state index < -0.39 is 17.7 Å². The Kier molecular flexibility index (Phi) is 6.38. The van der Waals surface area contributed by atoms with Crippen molar-refractivity contribution in [3.63, 3.8) is 0 Å². The molecule has 0 aliphatic rings. The molecule has 19 heavy (non-hydrogen) atoms. The summed E-state index contributed by atoms with van der Waals surface area (Å²) in [6.45, 7) is 6.14. The van der Waals surface area contributed by atoms with Crippen LogP contribution in [0.2, 0.25) is 0 Å². The minimum absolute atomic E-state index is 0.261. The topological polar surface area (TPSA) is 29.3 Å². The molecule has 0 bridgehead atoms. The third-order valence-corrected chi connectivity index (χ3v) is 3.29. The molecule has 0 saturated carbocycles.